The Bertz CT molecular complexity index is 566. The summed E-state index contributed by atoms with van der Waals surface area (Å²) < 4.78 is 40.1. The van der Waals surface area contributed by atoms with Crippen LogP contribution in [0.1, 0.15) is 63.4 Å². The second-order valence-corrected chi connectivity index (χ2v) is 6.14. The van der Waals surface area contributed by atoms with Crippen molar-refractivity contribution in [1.82, 2.24) is 15.1 Å². The molecule has 4 nitrogen and oxygen atoms in total. The number of carbonyl (C=O) groups excluding carboxylic acids is 1. The van der Waals surface area contributed by atoms with Crippen LogP contribution in [0.5, 0.6) is 0 Å². The van der Waals surface area contributed by atoms with Crippen LogP contribution in [0.4, 0.5) is 13.2 Å². The van der Waals surface area contributed by atoms with Crippen LogP contribution in [0.3, 0.4) is 0 Å². The van der Waals surface area contributed by atoms with Gasteiger partial charge in [0.1, 0.15) is 6.04 Å². The van der Waals surface area contributed by atoms with Crippen LogP contribution in [0.25, 0.3) is 0 Å². The summed E-state index contributed by atoms with van der Waals surface area (Å²) in [6.45, 7) is 5.29. The number of carbonyl (C=O) groups is 1. The van der Waals surface area contributed by atoms with Gasteiger partial charge < -0.3 is 5.32 Å². The lowest BCUT2D eigenvalue weighted by Crippen LogP contribution is -2.37. The van der Waals surface area contributed by atoms with Gasteiger partial charge >= 0.3 is 6.18 Å². The molecule has 1 aliphatic rings. The molecule has 0 aromatic carbocycles. The fraction of sp³-hybridized carbons (Fsp3) is 0.714. The predicted molar refractivity (Wildman–Crippen MR) is 76.8 cm³/mol. The topological polar surface area (TPSA) is 46.9 Å². The van der Waals surface area contributed by atoms with Crippen LogP contribution < -0.4 is 5.32 Å². The van der Waals surface area contributed by atoms with Gasteiger partial charge in [0.2, 0.25) is 5.91 Å². The van der Waals surface area contributed by atoms with Gasteiger partial charge in [-0.25, -0.2) is 0 Å². The van der Waals surface area contributed by atoms with Crippen molar-refractivity contribution in [1.29, 1.82) is 0 Å². The first-order valence-electron chi connectivity index (χ1n) is 7.32. The number of nitrogens with zero attached hydrogens (tertiary/aromatic N) is 2. The van der Waals surface area contributed by atoms with Gasteiger partial charge in [0.05, 0.1) is 10.7 Å². The molecule has 2 rings (SSSR count). The van der Waals surface area contributed by atoms with Gasteiger partial charge in [0.15, 0.2) is 5.69 Å². The Balaban J connectivity index is 2.35. The van der Waals surface area contributed by atoms with Crippen molar-refractivity contribution >= 4 is 17.5 Å². The van der Waals surface area contributed by atoms with E-state index in [2.05, 4.69) is 10.4 Å². The number of amides is 1. The summed E-state index contributed by atoms with van der Waals surface area (Å²) >= 11 is 5.90. The van der Waals surface area contributed by atoms with E-state index in [4.69, 9.17) is 11.6 Å². The minimum atomic E-state index is -4.63. The summed E-state index contributed by atoms with van der Waals surface area (Å²) in [4.78, 5) is 12.2. The molecule has 124 valence electrons. The van der Waals surface area contributed by atoms with Crippen LogP contribution in [-0.2, 0) is 11.0 Å². The maximum atomic E-state index is 13.0. The third-order valence-electron chi connectivity index (χ3n) is 3.87. The third kappa shape index (κ3) is 3.39. The molecule has 1 saturated carbocycles. The Morgan fingerprint density at radius 2 is 2.05 bits per heavy atom. The first-order chi connectivity index (χ1) is 10.2. The SMILES string of the molecule is CC[C@H](C)NC(=O)[C@@H](C)n1nc(C(F)(F)F)c(Cl)c1C1CC1. The summed E-state index contributed by atoms with van der Waals surface area (Å²) in [6, 6.07) is -0.884. The molecule has 2 atom stereocenters. The van der Waals surface area contributed by atoms with Crippen molar-refractivity contribution in [2.75, 3.05) is 0 Å². The number of hydrogen-bond acceptors (Lipinski definition) is 2. The number of halogens is 4. The minimum Gasteiger partial charge on any atom is -0.352 e. The Morgan fingerprint density at radius 1 is 1.45 bits per heavy atom. The van der Waals surface area contributed by atoms with Crippen molar-refractivity contribution in [3.05, 3.63) is 16.4 Å². The average Bonchev–Trinajstić information content (AvgIpc) is 3.19. The van der Waals surface area contributed by atoms with Gasteiger partial charge in [-0.2, -0.15) is 18.3 Å². The van der Waals surface area contributed by atoms with Crippen LogP contribution in [0.2, 0.25) is 5.02 Å². The highest BCUT2D eigenvalue weighted by atomic mass is 35.5. The van der Waals surface area contributed by atoms with Crippen molar-refractivity contribution in [3.63, 3.8) is 0 Å². The zero-order valence-corrected chi connectivity index (χ0v) is 13.4. The highest BCUT2D eigenvalue weighted by molar-refractivity contribution is 6.32. The molecule has 0 radical (unpaired) electrons. The molecular formula is C14H19ClF3N3O. The van der Waals surface area contributed by atoms with Gasteiger partial charge in [-0.1, -0.05) is 18.5 Å². The lowest BCUT2D eigenvalue weighted by molar-refractivity contribution is -0.141. The largest absolute Gasteiger partial charge is 0.436 e. The molecule has 0 spiro atoms. The number of rotatable bonds is 5. The van der Waals surface area contributed by atoms with Gasteiger partial charge in [0.25, 0.3) is 0 Å². The molecule has 22 heavy (non-hydrogen) atoms. The molecule has 1 aromatic heterocycles. The minimum absolute atomic E-state index is 0.0463. The summed E-state index contributed by atoms with van der Waals surface area (Å²) in [5.74, 6) is -0.404. The Hall–Kier alpha value is -1.24. The lowest BCUT2D eigenvalue weighted by Gasteiger charge is -2.18. The molecule has 1 heterocycles. The van der Waals surface area contributed by atoms with E-state index in [1.54, 1.807) is 0 Å². The molecule has 0 bridgehead atoms. The third-order valence-corrected chi connectivity index (χ3v) is 4.24. The summed E-state index contributed by atoms with van der Waals surface area (Å²) in [5, 5.41) is 5.98. The quantitative estimate of drug-likeness (QED) is 0.885. The number of alkyl halides is 3. The van der Waals surface area contributed by atoms with Crippen LogP contribution >= 0.6 is 11.6 Å². The Morgan fingerprint density at radius 3 is 2.50 bits per heavy atom. The summed E-state index contributed by atoms with van der Waals surface area (Å²) in [6.07, 6.45) is -2.36. The predicted octanol–water partition coefficient (Wildman–Crippen LogP) is 3.91. The highest BCUT2D eigenvalue weighted by Crippen LogP contribution is 2.47. The normalized spacial score (nSPS) is 18.1. The highest BCUT2D eigenvalue weighted by Gasteiger charge is 2.43. The van der Waals surface area contributed by atoms with Gasteiger partial charge in [-0.3, -0.25) is 9.48 Å². The van der Waals surface area contributed by atoms with Crippen molar-refractivity contribution < 1.29 is 18.0 Å². The molecule has 0 unspecified atom stereocenters. The zero-order valence-electron chi connectivity index (χ0n) is 12.7. The van der Waals surface area contributed by atoms with E-state index in [1.165, 1.54) is 6.92 Å². The number of aromatic nitrogens is 2. The molecular weight excluding hydrogens is 319 g/mol. The van der Waals surface area contributed by atoms with Crippen LogP contribution in [-0.4, -0.2) is 21.7 Å². The van der Waals surface area contributed by atoms with Crippen LogP contribution in [0, 0.1) is 0 Å². The van der Waals surface area contributed by atoms with Crippen molar-refractivity contribution in [3.8, 4) is 0 Å². The van der Waals surface area contributed by atoms with E-state index in [9.17, 15) is 18.0 Å². The van der Waals surface area contributed by atoms with E-state index in [0.717, 1.165) is 23.9 Å². The average molecular weight is 338 g/mol. The maximum Gasteiger partial charge on any atom is 0.436 e. The first kappa shape index (κ1) is 17.1. The fourth-order valence-electron chi connectivity index (χ4n) is 2.20. The van der Waals surface area contributed by atoms with E-state index >= 15 is 0 Å². The second-order valence-electron chi connectivity index (χ2n) is 5.76. The molecule has 1 amide bonds. The molecule has 0 saturated heterocycles. The monoisotopic (exact) mass is 337 g/mol. The van der Waals surface area contributed by atoms with E-state index in [1.807, 2.05) is 13.8 Å². The smallest absolute Gasteiger partial charge is 0.352 e. The lowest BCUT2D eigenvalue weighted by atomic mass is 10.2. The van der Waals surface area contributed by atoms with Crippen molar-refractivity contribution in [2.24, 2.45) is 0 Å². The zero-order chi connectivity index (χ0) is 16.7. The van der Waals surface area contributed by atoms with Gasteiger partial charge in [-0.15, -0.1) is 0 Å². The van der Waals surface area contributed by atoms with Gasteiger partial charge in [-0.05, 0) is 33.1 Å². The Kier molecular flexibility index (Phi) is 4.75. The number of hydrogen-bond donors (Lipinski definition) is 1. The standard InChI is InChI=1S/C14H19ClF3N3O/c1-4-7(2)19-13(22)8(3)21-11(9-5-6-9)10(15)12(20-21)14(16,17)18/h7-9H,4-6H2,1-3H3,(H,19,22)/t7-,8+/m0/s1. The maximum absolute atomic E-state index is 13.0. The Labute approximate surface area is 132 Å². The first-order valence-corrected chi connectivity index (χ1v) is 7.70. The molecule has 8 heteroatoms. The molecule has 0 aliphatic heterocycles. The van der Waals surface area contributed by atoms with E-state index in [0.29, 0.717) is 5.69 Å². The van der Waals surface area contributed by atoms with E-state index in [-0.39, 0.29) is 22.9 Å². The number of nitrogens with one attached hydrogen (secondary N) is 1. The van der Waals surface area contributed by atoms with Gasteiger partial charge in [0, 0.05) is 12.0 Å². The van der Waals surface area contributed by atoms with E-state index < -0.39 is 17.9 Å². The fourth-order valence-corrected chi connectivity index (χ4v) is 2.59. The second kappa shape index (κ2) is 6.10. The summed E-state index contributed by atoms with van der Waals surface area (Å²) in [5.41, 5.74) is -0.792. The molecule has 1 aromatic rings. The van der Waals surface area contributed by atoms with Crippen molar-refractivity contribution in [2.45, 2.75) is 64.2 Å². The molecule has 1 aliphatic carbocycles. The molecule has 1 fully saturated rings. The molecule has 1 N–H and O–H groups in total. The summed E-state index contributed by atoms with van der Waals surface area (Å²) in [7, 11) is 0. The van der Waals surface area contributed by atoms with Crippen LogP contribution in [0.15, 0.2) is 0 Å².